The van der Waals surface area contributed by atoms with Crippen molar-refractivity contribution in [3.8, 4) is 5.75 Å². The van der Waals surface area contributed by atoms with E-state index in [1.807, 2.05) is 13.8 Å². The highest BCUT2D eigenvalue weighted by atomic mass is 35.5. The van der Waals surface area contributed by atoms with Crippen molar-refractivity contribution in [3.05, 3.63) is 28.3 Å². The summed E-state index contributed by atoms with van der Waals surface area (Å²) in [7, 11) is 1.59. The van der Waals surface area contributed by atoms with Gasteiger partial charge in [0.15, 0.2) is 0 Å². The van der Waals surface area contributed by atoms with Crippen LogP contribution in [0.5, 0.6) is 5.75 Å². The zero-order valence-corrected chi connectivity index (χ0v) is 10.6. The lowest BCUT2D eigenvalue weighted by atomic mass is 9.98. The van der Waals surface area contributed by atoms with Crippen LogP contribution in [0.3, 0.4) is 0 Å². The van der Waals surface area contributed by atoms with Crippen LogP contribution in [0.2, 0.25) is 5.02 Å². The highest BCUT2D eigenvalue weighted by Crippen LogP contribution is 2.35. The van der Waals surface area contributed by atoms with Crippen LogP contribution in [-0.2, 0) is 0 Å². The summed E-state index contributed by atoms with van der Waals surface area (Å²) in [4.78, 5) is 0. The molecule has 0 heterocycles. The molecule has 4 heteroatoms. The third-order valence-electron chi connectivity index (χ3n) is 2.52. The van der Waals surface area contributed by atoms with Crippen molar-refractivity contribution in [2.75, 3.05) is 13.7 Å². The van der Waals surface area contributed by atoms with E-state index < -0.39 is 6.10 Å². The molecule has 3 nitrogen and oxygen atoms in total. The second-order valence-electron chi connectivity index (χ2n) is 4.02. The van der Waals surface area contributed by atoms with Crippen LogP contribution in [0.15, 0.2) is 12.1 Å². The molecule has 0 fully saturated rings. The van der Waals surface area contributed by atoms with Gasteiger partial charge in [-0.25, -0.2) is 0 Å². The Bertz CT molecular complexity index is 366. The number of nitrogens with two attached hydrogens (primary N) is 1. The lowest BCUT2D eigenvalue weighted by molar-refractivity contribution is 0.186. The molecule has 0 aliphatic heterocycles. The number of aliphatic hydroxyl groups is 1. The van der Waals surface area contributed by atoms with E-state index in [0.717, 1.165) is 5.56 Å². The van der Waals surface area contributed by atoms with Crippen molar-refractivity contribution in [1.29, 1.82) is 0 Å². The lowest BCUT2D eigenvalue weighted by Gasteiger charge is -2.17. The first kappa shape index (κ1) is 13.3. The van der Waals surface area contributed by atoms with Gasteiger partial charge in [0.05, 0.1) is 13.2 Å². The van der Waals surface area contributed by atoms with Gasteiger partial charge in [-0.3, -0.25) is 0 Å². The quantitative estimate of drug-likeness (QED) is 0.854. The average molecular weight is 244 g/mol. The Morgan fingerprint density at radius 2 is 2.06 bits per heavy atom. The number of aliphatic hydroxyl groups excluding tert-OH is 1. The Labute approximate surface area is 101 Å². The van der Waals surface area contributed by atoms with Crippen molar-refractivity contribution >= 4 is 11.6 Å². The Balaban J connectivity index is 3.26. The minimum Gasteiger partial charge on any atom is -0.496 e. The molecule has 0 spiro atoms. The highest BCUT2D eigenvalue weighted by Gasteiger charge is 2.16. The Morgan fingerprint density at radius 1 is 1.44 bits per heavy atom. The summed E-state index contributed by atoms with van der Waals surface area (Å²) in [6, 6.07) is 3.54. The standard InChI is InChI=1S/C12H18ClNO2/c1-7(2)12-9(13)4-8(10(15)6-14)5-11(12)16-3/h4-5,7,10,15H,6,14H2,1-3H3. The first-order valence-corrected chi connectivity index (χ1v) is 5.64. The van der Waals surface area contributed by atoms with Crippen LogP contribution in [0.4, 0.5) is 0 Å². The van der Waals surface area contributed by atoms with Gasteiger partial charge in [-0.2, -0.15) is 0 Å². The van der Waals surface area contributed by atoms with Crippen LogP contribution >= 0.6 is 11.6 Å². The van der Waals surface area contributed by atoms with Gasteiger partial charge in [0.2, 0.25) is 0 Å². The van der Waals surface area contributed by atoms with E-state index in [-0.39, 0.29) is 12.5 Å². The molecule has 1 aromatic rings. The van der Waals surface area contributed by atoms with E-state index in [4.69, 9.17) is 22.1 Å². The highest BCUT2D eigenvalue weighted by molar-refractivity contribution is 6.31. The fourth-order valence-electron chi connectivity index (χ4n) is 1.67. The Kier molecular flexibility index (Phi) is 4.59. The zero-order chi connectivity index (χ0) is 12.3. The monoisotopic (exact) mass is 243 g/mol. The number of halogens is 1. The summed E-state index contributed by atoms with van der Waals surface area (Å²) < 4.78 is 5.29. The maximum Gasteiger partial charge on any atom is 0.124 e. The van der Waals surface area contributed by atoms with Gasteiger partial charge >= 0.3 is 0 Å². The molecule has 90 valence electrons. The largest absolute Gasteiger partial charge is 0.496 e. The van der Waals surface area contributed by atoms with E-state index in [2.05, 4.69) is 0 Å². The minimum atomic E-state index is -0.701. The summed E-state index contributed by atoms with van der Waals surface area (Å²) in [6.07, 6.45) is -0.701. The summed E-state index contributed by atoms with van der Waals surface area (Å²) >= 11 is 6.18. The number of benzene rings is 1. The van der Waals surface area contributed by atoms with Gasteiger partial charge in [0, 0.05) is 17.1 Å². The fourth-order valence-corrected chi connectivity index (χ4v) is 2.11. The number of hydrogen-bond acceptors (Lipinski definition) is 3. The molecule has 0 amide bonds. The van der Waals surface area contributed by atoms with Crippen LogP contribution in [0.25, 0.3) is 0 Å². The summed E-state index contributed by atoms with van der Waals surface area (Å²) in [5, 5.41) is 10.3. The van der Waals surface area contributed by atoms with Gasteiger partial charge in [-0.05, 0) is 23.6 Å². The van der Waals surface area contributed by atoms with Crippen molar-refractivity contribution in [2.45, 2.75) is 25.9 Å². The molecule has 0 radical (unpaired) electrons. The van der Waals surface area contributed by atoms with Crippen molar-refractivity contribution < 1.29 is 9.84 Å². The second-order valence-corrected chi connectivity index (χ2v) is 4.43. The number of methoxy groups -OCH3 is 1. The van der Waals surface area contributed by atoms with E-state index in [0.29, 0.717) is 16.3 Å². The predicted octanol–water partition coefficient (Wildman–Crippen LogP) is 2.46. The van der Waals surface area contributed by atoms with Gasteiger partial charge in [-0.1, -0.05) is 25.4 Å². The molecule has 0 aliphatic rings. The zero-order valence-electron chi connectivity index (χ0n) is 9.83. The number of ether oxygens (including phenoxy) is 1. The molecule has 1 aromatic carbocycles. The Morgan fingerprint density at radius 3 is 2.50 bits per heavy atom. The van der Waals surface area contributed by atoms with E-state index in [9.17, 15) is 5.11 Å². The smallest absolute Gasteiger partial charge is 0.124 e. The fraction of sp³-hybridized carbons (Fsp3) is 0.500. The molecule has 1 unspecified atom stereocenters. The van der Waals surface area contributed by atoms with Crippen LogP contribution in [0.1, 0.15) is 37.0 Å². The van der Waals surface area contributed by atoms with Crippen LogP contribution < -0.4 is 10.5 Å². The molecular weight excluding hydrogens is 226 g/mol. The molecular formula is C12H18ClNO2. The predicted molar refractivity (Wildman–Crippen MR) is 66.1 cm³/mol. The van der Waals surface area contributed by atoms with Gasteiger partial charge in [0.1, 0.15) is 5.75 Å². The number of rotatable bonds is 4. The summed E-state index contributed by atoms with van der Waals surface area (Å²) in [6.45, 7) is 4.26. The topological polar surface area (TPSA) is 55.5 Å². The normalized spacial score (nSPS) is 12.9. The molecule has 1 atom stereocenters. The lowest BCUT2D eigenvalue weighted by Crippen LogP contribution is -2.12. The molecule has 0 aliphatic carbocycles. The molecule has 16 heavy (non-hydrogen) atoms. The van der Waals surface area contributed by atoms with Crippen molar-refractivity contribution in [2.24, 2.45) is 5.73 Å². The van der Waals surface area contributed by atoms with Gasteiger partial charge < -0.3 is 15.6 Å². The van der Waals surface area contributed by atoms with Gasteiger partial charge in [0.25, 0.3) is 0 Å². The molecule has 1 rings (SSSR count). The van der Waals surface area contributed by atoms with E-state index >= 15 is 0 Å². The molecule has 0 saturated heterocycles. The minimum absolute atomic E-state index is 0.167. The van der Waals surface area contributed by atoms with Crippen molar-refractivity contribution in [3.63, 3.8) is 0 Å². The third kappa shape index (κ3) is 2.67. The summed E-state index contributed by atoms with van der Waals surface area (Å²) in [5.74, 6) is 0.969. The number of hydrogen-bond donors (Lipinski definition) is 2. The maximum atomic E-state index is 9.66. The summed E-state index contributed by atoms with van der Waals surface area (Å²) in [5.41, 5.74) is 7.05. The van der Waals surface area contributed by atoms with Crippen LogP contribution in [-0.4, -0.2) is 18.8 Å². The first-order chi connectivity index (χ1) is 7.51. The SMILES string of the molecule is COc1cc(C(O)CN)cc(Cl)c1C(C)C. The molecule has 0 aromatic heterocycles. The van der Waals surface area contributed by atoms with E-state index in [1.165, 1.54) is 0 Å². The second kappa shape index (κ2) is 5.53. The van der Waals surface area contributed by atoms with E-state index in [1.54, 1.807) is 19.2 Å². The van der Waals surface area contributed by atoms with Gasteiger partial charge in [-0.15, -0.1) is 0 Å². The first-order valence-electron chi connectivity index (χ1n) is 5.26. The molecule has 0 bridgehead atoms. The maximum absolute atomic E-state index is 9.66. The molecule has 3 N–H and O–H groups in total. The average Bonchev–Trinajstić information content (AvgIpc) is 2.26. The Hall–Kier alpha value is -0.770. The molecule has 0 saturated carbocycles. The van der Waals surface area contributed by atoms with Crippen molar-refractivity contribution in [1.82, 2.24) is 0 Å². The van der Waals surface area contributed by atoms with Crippen LogP contribution in [0, 0.1) is 0 Å². The third-order valence-corrected chi connectivity index (χ3v) is 2.83.